The van der Waals surface area contributed by atoms with E-state index in [1.54, 1.807) is 28.1 Å². The SMILES string of the molecule is Cc1ccc(NC(=O)N2CCN(C(=O)CCc3ncc(-c4ccccc4Cl)o3)CC2)cc1Cl. The van der Waals surface area contributed by atoms with Crippen molar-refractivity contribution in [2.24, 2.45) is 0 Å². The number of urea groups is 1. The Hall–Kier alpha value is -3.03. The number of hydrogen-bond acceptors (Lipinski definition) is 4. The summed E-state index contributed by atoms with van der Waals surface area (Å²) in [5.74, 6) is 1.09. The van der Waals surface area contributed by atoms with Gasteiger partial charge in [0.05, 0.1) is 11.2 Å². The van der Waals surface area contributed by atoms with Crippen LogP contribution in [-0.2, 0) is 11.2 Å². The van der Waals surface area contributed by atoms with Crippen LogP contribution in [0.1, 0.15) is 17.9 Å². The monoisotopic (exact) mass is 486 g/mol. The Morgan fingerprint density at radius 1 is 1.03 bits per heavy atom. The van der Waals surface area contributed by atoms with Crippen LogP contribution in [0, 0.1) is 6.92 Å². The number of carbonyl (C=O) groups excluding carboxylic acids is 2. The summed E-state index contributed by atoms with van der Waals surface area (Å²) in [7, 11) is 0. The van der Waals surface area contributed by atoms with Gasteiger partial charge in [0, 0.05) is 55.3 Å². The average Bonchev–Trinajstić information content (AvgIpc) is 3.29. The van der Waals surface area contributed by atoms with Crippen molar-refractivity contribution in [3.63, 3.8) is 0 Å². The van der Waals surface area contributed by atoms with Crippen LogP contribution in [0.2, 0.25) is 10.0 Å². The molecule has 7 nitrogen and oxygen atoms in total. The van der Waals surface area contributed by atoms with Gasteiger partial charge >= 0.3 is 6.03 Å². The fraction of sp³-hybridized carbons (Fsp3) is 0.292. The predicted octanol–water partition coefficient (Wildman–Crippen LogP) is 5.27. The third kappa shape index (κ3) is 5.67. The van der Waals surface area contributed by atoms with Crippen LogP contribution in [-0.4, -0.2) is 52.9 Å². The number of halogens is 2. The Morgan fingerprint density at radius 2 is 1.76 bits per heavy atom. The fourth-order valence-corrected chi connectivity index (χ4v) is 4.02. The van der Waals surface area contributed by atoms with Gasteiger partial charge in [-0.25, -0.2) is 9.78 Å². The van der Waals surface area contributed by atoms with Crippen molar-refractivity contribution >= 4 is 40.8 Å². The standard InChI is InChI=1S/C24H24Cl2N4O3/c1-16-6-7-17(14-20(16)26)28-24(32)30-12-10-29(11-13-30)23(31)9-8-22-27-15-21(33-22)18-4-2-3-5-19(18)25/h2-7,14-15H,8-13H2,1H3,(H,28,32). The third-order valence-corrected chi connectivity index (χ3v) is 6.33. The zero-order chi connectivity index (χ0) is 23.4. The summed E-state index contributed by atoms with van der Waals surface area (Å²) in [5.41, 5.74) is 2.37. The number of carbonyl (C=O) groups is 2. The fourth-order valence-electron chi connectivity index (χ4n) is 3.62. The molecule has 1 fully saturated rings. The first-order chi connectivity index (χ1) is 15.9. The van der Waals surface area contributed by atoms with E-state index in [0.717, 1.165) is 11.1 Å². The number of hydrogen-bond donors (Lipinski definition) is 1. The Bertz CT molecular complexity index is 1160. The first-order valence-corrected chi connectivity index (χ1v) is 11.5. The lowest BCUT2D eigenvalue weighted by Crippen LogP contribution is -2.51. The second-order valence-corrected chi connectivity index (χ2v) is 8.67. The minimum Gasteiger partial charge on any atom is -0.441 e. The topological polar surface area (TPSA) is 78.7 Å². The van der Waals surface area contributed by atoms with Gasteiger partial charge in [0.2, 0.25) is 5.91 Å². The molecule has 0 aliphatic carbocycles. The number of aryl methyl sites for hydroxylation is 2. The van der Waals surface area contributed by atoms with Gasteiger partial charge in [-0.1, -0.05) is 41.4 Å². The normalized spacial score (nSPS) is 13.8. The average molecular weight is 487 g/mol. The van der Waals surface area contributed by atoms with Gasteiger partial charge in [-0.3, -0.25) is 4.79 Å². The summed E-state index contributed by atoms with van der Waals surface area (Å²) < 4.78 is 5.77. The second-order valence-electron chi connectivity index (χ2n) is 7.86. The number of nitrogens with one attached hydrogen (secondary N) is 1. The van der Waals surface area contributed by atoms with Gasteiger partial charge in [-0.2, -0.15) is 0 Å². The summed E-state index contributed by atoms with van der Waals surface area (Å²) in [5, 5.41) is 4.05. The van der Waals surface area contributed by atoms with Crippen molar-refractivity contribution < 1.29 is 14.0 Å². The number of benzene rings is 2. The lowest BCUT2D eigenvalue weighted by Gasteiger charge is -2.34. The molecule has 1 aliphatic rings. The molecule has 3 aromatic rings. The molecule has 0 atom stereocenters. The van der Waals surface area contributed by atoms with E-state index in [1.807, 2.05) is 37.3 Å². The van der Waals surface area contributed by atoms with Crippen LogP contribution in [0.4, 0.5) is 10.5 Å². The third-order valence-electron chi connectivity index (χ3n) is 5.59. The molecule has 3 amide bonds. The van der Waals surface area contributed by atoms with Gasteiger partial charge in [0.1, 0.15) is 0 Å². The summed E-state index contributed by atoms with van der Waals surface area (Å²) in [6.07, 6.45) is 2.31. The van der Waals surface area contributed by atoms with Crippen molar-refractivity contribution in [3.8, 4) is 11.3 Å². The van der Waals surface area contributed by atoms with E-state index in [9.17, 15) is 9.59 Å². The molecule has 0 spiro atoms. The molecule has 9 heteroatoms. The molecule has 2 heterocycles. The number of oxazole rings is 1. The van der Waals surface area contributed by atoms with Crippen LogP contribution in [0.3, 0.4) is 0 Å². The summed E-state index contributed by atoms with van der Waals surface area (Å²) in [6.45, 7) is 3.80. The highest BCUT2D eigenvalue weighted by atomic mass is 35.5. The zero-order valence-corrected chi connectivity index (χ0v) is 19.7. The smallest absolute Gasteiger partial charge is 0.321 e. The highest BCUT2D eigenvalue weighted by Gasteiger charge is 2.24. The van der Waals surface area contributed by atoms with Crippen LogP contribution in [0.25, 0.3) is 11.3 Å². The number of nitrogens with zero attached hydrogens (tertiary/aromatic N) is 3. The maximum atomic E-state index is 12.6. The molecule has 1 N–H and O–H groups in total. The van der Waals surface area contributed by atoms with E-state index in [0.29, 0.717) is 60.0 Å². The summed E-state index contributed by atoms with van der Waals surface area (Å²) in [4.78, 5) is 32.9. The minimum atomic E-state index is -0.200. The molecular formula is C24H24Cl2N4O3. The van der Waals surface area contributed by atoms with Gasteiger partial charge < -0.3 is 19.5 Å². The molecule has 1 saturated heterocycles. The maximum Gasteiger partial charge on any atom is 0.321 e. The first kappa shape index (κ1) is 23.1. The zero-order valence-electron chi connectivity index (χ0n) is 18.2. The highest BCUT2D eigenvalue weighted by molar-refractivity contribution is 6.33. The van der Waals surface area contributed by atoms with Crippen molar-refractivity contribution in [2.45, 2.75) is 19.8 Å². The lowest BCUT2D eigenvalue weighted by molar-refractivity contribution is -0.132. The first-order valence-electron chi connectivity index (χ1n) is 10.7. The van der Waals surface area contributed by atoms with Crippen molar-refractivity contribution in [1.29, 1.82) is 0 Å². The Labute approximate surface area is 202 Å². The van der Waals surface area contributed by atoms with Gasteiger partial charge in [0.25, 0.3) is 0 Å². The Balaban J connectivity index is 1.24. The minimum absolute atomic E-state index is 0.0119. The molecule has 4 rings (SSSR count). The molecule has 172 valence electrons. The number of anilines is 1. The largest absolute Gasteiger partial charge is 0.441 e. The number of rotatable bonds is 5. The molecule has 1 aromatic heterocycles. The second kappa shape index (κ2) is 10.3. The summed E-state index contributed by atoms with van der Waals surface area (Å²) in [6, 6.07) is 12.6. The Morgan fingerprint density at radius 3 is 2.48 bits per heavy atom. The lowest BCUT2D eigenvalue weighted by atomic mass is 10.2. The van der Waals surface area contributed by atoms with Gasteiger partial charge in [-0.05, 0) is 36.8 Å². The van der Waals surface area contributed by atoms with E-state index in [-0.39, 0.29) is 18.4 Å². The number of amides is 3. The summed E-state index contributed by atoms with van der Waals surface area (Å²) >= 11 is 12.3. The van der Waals surface area contributed by atoms with Gasteiger partial charge in [-0.15, -0.1) is 0 Å². The molecule has 2 aromatic carbocycles. The molecule has 1 aliphatic heterocycles. The van der Waals surface area contributed by atoms with E-state index < -0.39 is 0 Å². The molecule has 0 unspecified atom stereocenters. The number of piperazine rings is 1. The van der Waals surface area contributed by atoms with E-state index in [4.69, 9.17) is 27.6 Å². The van der Waals surface area contributed by atoms with Gasteiger partial charge in [0.15, 0.2) is 11.7 Å². The van der Waals surface area contributed by atoms with Crippen LogP contribution in [0.15, 0.2) is 53.1 Å². The van der Waals surface area contributed by atoms with Crippen molar-refractivity contribution in [3.05, 3.63) is 70.2 Å². The van der Waals surface area contributed by atoms with E-state index in [2.05, 4.69) is 10.3 Å². The molecule has 33 heavy (non-hydrogen) atoms. The van der Waals surface area contributed by atoms with Crippen LogP contribution in [0.5, 0.6) is 0 Å². The van der Waals surface area contributed by atoms with Crippen LogP contribution < -0.4 is 5.32 Å². The van der Waals surface area contributed by atoms with E-state index in [1.165, 1.54) is 0 Å². The van der Waals surface area contributed by atoms with Crippen molar-refractivity contribution in [2.75, 3.05) is 31.5 Å². The molecular weight excluding hydrogens is 463 g/mol. The quantitative estimate of drug-likeness (QED) is 0.532. The van der Waals surface area contributed by atoms with Crippen molar-refractivity contribution in [1.82, 2.24) is 14.8 Å². The number of aromatic nitrogens is 1. The predicted molar refractivity (Wildman–Crippen MR) is 129 cm³/mol. The van der Waals surface area contributed by atoms with Crippen LogP contribution >= 0.6 is 23.2 Å². The maximum absolute atomic E-state index is 12.6. The molecule has 0 radical (unpaired) electrons. The molecule has 0 saturated carbocycles. The van der Waals surface area contributed by atoms with E-state index >= 15 is 0 Å². The Kier molecular flexibility index (Phi) is 7.20. The molecule has 0 bridgehead atoms. The highest BCUT2D eigenvalue weighted by Crippen LogP contribution is 2.28.